The van der Waals surface area contributed by atoms with Crippen LogP contribution in [-0.2, 0) is 26.0 Å². The molecule has 2 amide bonds. The highest BCUT2D eigenvalue weighted by molar-refractivity contribution is 7.92. The maximum atomic E-state index is 14.0. The van der Waals surface area contributed by atoms with Gasteiger partial charge in [0.1, 0.15) is 5.60 Å². The number of hydrogen-bond donors (Lipinski definition) is 1. The molecule has 0 aliphatic carbocycles. The summed E-state index contributed by atoms with van der Waals surface area (Å²) in [6.07, 6.45) is -0.0874. The van der Waals surface area contributed by atoms with Crippen molar-refractivity contribution in [1.29, 1.82) is 0 Å². The third-order valence-electron chi connectivity index (χ3n) is 7.04. The van der Waals surface area contributed by atoms with Crippen LogP contribution >= 0.6 is 0 Å². The van der Waals surface area contributed by atoms with Gasteiger partial charge < -0.3 is 14.5 Å². The molecule has 1 unspecified atom stereocenters. The first-order valence-electron chi connectivity index (χ1n) is 14.2. The van der Waals surface area contributed by atoms with E-state index in [-0.39, 0.29) is 17.3 Å². The predicted octanol–water partition coefficient (Wildman–Crippen LogP) is 6.29. The maximum Gasteiger partial charge on any atom is 0.410 e. The fourth-order valence-electron chi connectivity index (χ4n) is 4.74. The zero-order chi connectivity index (χ0) is 31.2. The lowest BCUT2D eigenvalue weighted by Gasteiger charge is -2.30. The lowest BCUT2D eigenvalue weighted by molar-refractivity contribution is -0.131. The van der Waals surface area contributed by atoms with Gasteiger partial charge in [-0.15, -0.1) is 0 Å². The van der Waals surface area contributed by atoms with Crippen molar-refractivity contribution in [2.24, 2.45) is 0 Å². The third kappa shape index (κ3) is 8.35. The van der Waals surface area contributed by atoms with Gasteiger partial charge >= 0.3 is 6.09 Å². The van der Waals surface area contributed by atoms with E-state index in [1.165, 1.54) is 4.90 Å². The standard InChI is InChI=1S/C34H39N3O5S/c1-34(2,3)42-33(39)37(5)24-30(28-20-19-25-13-9-10-15-27(25)23-28)32(38)36(4)22-21-26-14-11-12-18-31(26)35-43(40,41)29-16-7-6-8-17-29/h6-20,23,30,35H,21-22,24H2,1-5H3. The van der Waals surface area contributed by atoms with E-state index >= 15 is 0 Å². The van der Waals surface area contributed by atoms with E-state index in [0.29, 0.717) is 18.7 Å². The Hall–Kier alpha value is -4.37. The fraction of sp³-hybridized carbons (Fsp3) is 0.294. The third-order valence-corrected chi connectivity index (χ3v) is 8.42. The average Bonchev–Trinajstić information content (AvgIpc) is 2.98. The zero-order valence-corrected chi connectivity index (χ0v) is 26.1. The molecule has 0 saturated carbocycles. The molecule has 1 atom stereocenters. The van der Waals surface area contributed by atoms with E-state index in [1.807, 2.05) is 54.6 Å². The first-order chi connectivity index (χ1) is 20.3. The lowest BCUT2D eigenvalue weighted by Crippen LogP contribution is -2.41. The van der Waals surface area contributed by atoms with E-state index in [0.717, 1.165) is 21.9 Å². The molecule has 0 aromatic heterocycles. The summed E-state index contributed by atoms with van der Waals surface area (Å²) < 4.78 is 34.2. The molecular formula is C34H39N3O5S. The Bertz CT molecular complexity index is 1680. The summed E-state index contributed by atoms with van der Waals surface area (Å²) in [5, 5.41) is 2.06. The Kier molecular flexibility index (Phi) is 9.76. The van der Waals surface area contributed by atoms with Gasteiger partial charge in [0.15, 0.2) is 0 Å². The Morgan fingerprint density at radius 2 is 1.44 bits per heavy atom. The highest BCUT2D eigenvalue weighted by Gasteiger charge is 2.29. The molecule has 226 valence electrons. The molecule has 9 heteroatoms. The Morgan fingerprint density at radius 3 is 2.14 bits per heavy atom. The van der Waals surface area contributed by atoms with Crippen molar-refractivity contribution in [1.82, 2.24) is 9.80 Å². The van der Waals surface area contributed by atoms with E-state index < -0.39 is 27.6 Å². The SMILES string of the molecule is CN(CC(C(=O)N(C)CCc1ccccc1NS(=O)(=O)c1ccccc1)c1ccc2ccccc2c1)C(=O)OC(C)(C)C. The maximum absolute atomic E-state index is 14.0. The van der Waals surface area contributed by atoms with Gasteiger partial charge in [0.25, 0.3) is 10.0 Å². The van der Waals surface area contributed by atoms with Gasteiger partial charge in [-0.1, -0.05) is 78.9 Å². The zero-order valence-electron chi connectivity index (χ0n) is 25.3. The first-order valence-corrected chi connectivity index (χ1v) is 15.7. The van der Waals surface area contributed by atoms with Gasteiger partial charge in [-0.3, -0.25) is 9.52 Å². The lowest BCUT2D eigenvalue weighted by atomic mass is 9.94. The second-order valence-corrected chi connectivity index (χ2v) is 13.3. The summed E-state index contributed by atoms with van der Waals surface area (Å²) >= 11 is 0. The van der Waals surface area contributed by atoms with Crippen molar-refractivity contribution in [3.63, 3.8) is 0 Å². The summed E-state index contributed by atoms with van der Waals surface area (Å²) in [6.45, 7) is 5.87. The van der Waals surface area contributed by atoms with Gasteiger partial charge in [0, 0.05) is 27.2 Å². The van der Waals surface area contributed by atoms with Crippen molar-refractivity contribution in [3.05, 3.63) is 108 Å². The second-order valence-electron chi connectivity index (χ2n) is 11.6. The van der Waals surface area contributed by atoms with Gasteiger partial charge in [-0.05, 0) is 67.3 Å². The van der Waals surface area contributed by atoms with E-state index in [1.54, 1.807) is 82.2 Å². The molecule has 0 heterocycles. The van der Waals surface area contributed by atoms with Crippen molar-refractivity contribution in [3.8, 4) is 0 Å². The fourth-order valence-corrected chi connectivity index (χ4v) is 5.87. The summed E-state index contributed by atoms with van der Waals surface area (Å²) in [7, 11) is -0.421. The number of nitrogens with one attached hydrogen (secondary N) is 1. The highest BCUT2D eigenvalue weighted by atomic mass is 32.2. The number of likely N-dealkylation sites (N-methyl/N-ethyl adjacent to an activating group) is 2. The van der Waals surface area contributed by atoms with Gasteiger partial charge in [-0.2, -0.15) is 0 Å². The van der Waals surface area contributed by atoms with Gasteiger partial charge in [0.05, 0.1) is 16.5 Å². The van der Waals surface area contributed by atoms with Crippen LogP contribution in [-0.4, -0.2) is 63.0 Å². The second kappa shape index (κ2) is 13.3. The number of nitrogens with zero attached hydrogens (tertiary/aromatic N) is 2. The van der Waals surface area contributed by atoms with Crippen LogP contribution in [0.15, 0.2) is 102 Å². The molecule has 0 aliphatic rings. The molecule has 8 nitrogen and oxygen atoms in total. The van der Waals surface area contributed by atoms with Crippen LogP contribution in [0, 0.1) is 0 Å². The van der Waals surface area contributed by atoms with E-state index in [4.69, 9.17) is 4.74 Å². The normalized spacial score (nSPS) is 12.4. The number of carbonyl (C=O) groups excluding carboxylic acids is 2. The molecule has 0 aliphatic heterocycles. The molecule has 0 bridgehead atoms. The average molecular weight is 602 g/mol. The molecule has 43 heavy (non-hydrogen) atoms. The quantitative estimate of drug-likeness (QED) is 0.230. The molecule has 0 saturated heterocycles. The van der Waals surface area contributed by atoms with Crippen LogP contribution in [0.1, 0.15) is 37.8 Å². The summed E-state index contributed by atoms with van der Waals surface area (Å²) in [5.74, 6) is -0.799. The number of hydrogen-bond acceptors (Lipinski definition) is 5. The van der Waals surface area contributed by atoms with Gasteiger partial charge in [-0.25, -0.2) is 13.2 Å². The molecule has 1 N–H and O–H groups in total. The molecule has 0 spiro atoms. The molecule has 4 rings (SSSR count). The molecule has 0 radical (unpaired) electrons. The number of ether oxygens (including phenoxy) is 1. The van der Waals surface area contributed by atoms with Crippen molar-refractivity contribution < 1.29 is 22.7 Å². The minimum atomic E-state index is -3.77. The predicted molar refractivity (Wildman–Crippen MR) is 171 cm³/mol. The van der Waals surface area contributed by atoms with Crippen molar-refractivity contribution in [2.75, 3.05) is 31.9 Å². The van der Waals surface area contributed by atoms with E-state index in [9.17, 15) is 18.0 Å². The Balaban J connectivity index is 1.54. The molecular weight excluding hydrogens is 562 g/mol. The number of anilines is 1. The Labute approximate surface area is 254 Å². The highest BCUT2D eigenvalue weighted by Crippen LogP contribution is 2.26. The minimum Gasteiger partial charge on any atom is -0.444 e. The number of benzene rings is 4. The number of rotatable bonds is 10. The van der Waals surface area contributed by atoms with Crippen molar-refractivity contribution >= 4 is 38.5 Å². The number of carbonyl (C=O) groups is 2. The van der Waals surface area contributed by atoms with Crippen LogP contribution in [0.3, 0.4) is 0 Å². The van der Waals surface area contributed by atoms with Crippen LogP contribution in [0.25, 0.3) is 10.8 Å². The monoisotopic (exact) mass is 601 g/mol. The van der Waals surface area contributed by atoms with Gasteiger partial charge in [0.2, 0.25) is 5.91 Å². The van der Waals surface area contributed by atoms with Crippen LogP contribution < -0.4 is 4.72 Å². The molecule has 4 aromatic carbocycles. The summed E-state index contributed by atoms with van der Waals surface area (Å²) in [4.78, 5) is 30.0. The summed E-state index contributed by atoms with van der Waals surface area (Å²) in [5.41, 5.74) is 1.35. The van der Waals surface area contributed by atoms with E-state index in [2.05, 4.69) is 4.72 Å². The number of sulfonamides is 1. The topological polar surface area (TPSA) is 96.0 Å². The largest absolute Gasteiger partial charge is 0.444 e. The number of para-hydroxylation sites is 1. The van der Waals surface area contributed by atoms with Crippen LogP contribution in [0.4, 0.5) is 10.5 Å². The number of fused-ring (bicyclic) bond motifs is 1. The van der Waals surface area contributed by atoms with Crippen LogP contribution in [0.2, 0.25) is 0 Å². The minimum absolute atomic E-state index is 0.129. The summed E-state index contributed by atoms with van der Waals surface area (Å²) in [6, 6.07) is 29.2. The molecule has 4 aromatic rings. The molecule has 0 fully saturated rings. The number of amides is 2. The first kappa shape index (κ1) is 31.6. The van der Waals surface area contributed by atoms with Crippen LogP contribution in [0.5, 0.6) is 0 Å². The Morgan fingerprint density at radius 1 is 0.814 bits per heavy atom. The smallest absolute Gasteiger partial charge is 0.410 e. The van der Waals surface area contributed by atoms with Crippen molar-refractivity contribution in [2.45, 2.75) is 43.6 Å².